The van der Waals surface area contributed by atoms with Crippen molar-refractivity contribution < 1.29 is 13.2 Å². The number of nitrogen functional groups attached to an aromatic ring is 1. The molecule has 0 radical (unpaired) electrons. The Morgan fingerprint density at radius 3 is 2.48 bits per heavy atom. The van der Waals surface area contributed by atoms with Gasteiger partial charge in [-0.3, -0.25) is 10.1 Å². The minimum atomic E-state index is -3.81. The van der Waals surface area contributed by atoms with Gasteiger partial charge in [-0.15, -0.1) is 11.8 Å². The van der Waals surface area contributed by atoms with Crippen molar-refractivity contribution in [2.24, 2.45) is 5.73 Å². The number of hydrogen-bond donors (Lipinski definition) is 3. The molecule has 4 N–H and O–H groups in total. The summed E-state index contributed by atoms with van der Waals surface area (Å²) in [5.41, 5.74) is 8.68. The van der Waals surface area contributed by atoms with Crippen LogP contribution in [0.15, 0.2) is 76.5 Å². The minimum absolute atomic E-state index is 0.0485. The Hall–Kier alpha value is -2.97. The zero-order chi connectivity index (χ0) is 22.4. The summed E-state index contributed by atoms with van der Waals surface area (Å²) in [4.78, 5) is 0.957. The highest BCUT2D eigenvalue weighted by atomic mass is 32.2. The predicted molar refractivity (Wildman–Crippen MR) is 127 cm³/mol. The Balaban J connectivity index is 1.73. The quantitative estimate of drug-likeness (QED) is 0.252. The molecule has 6 nitrogen and oxygen atoms in total. The van der Waals surface area contributed by atoms with Gasteiger partial charge < -0.3 is 10.5 Å². The van der Waals surface area contributed by atoms with Crippen LogP contribution in [-0.4, -0.2) is 27.1 Å². The Kier molecular flexibility index (Phi) is 7.25. The summed E-state index contributed by atoms with van der Waals surface area (Å²) in [6.07, 6.45) is 0.801. The summed E-state index contributed by atoms with van der Waals surface area (Å²) < 4.78 is 34.0. The van der Waals surface area contributed by atoms with Crippen molar-refractivity contribution >= 4 is 33.3 Å². The number of nitrogens with two attached hydrogens (primary N) is 1. The van der Waals surface area contributed by atoms with E-state index in [0.29, 0.717) is 17.0 Å². The van der Waals surface area contributed by atoms with E-state index in [1.807, 2.05) is 49.4 Å². The molecular formula is C23H25N3O3S2. The van der Waals surface area contributed by atoms with Gasteiger partial charge in [-0.2, -0.15) is 0 Å². The lowest BCUT2D eigenvalue weighted by Gasteiger charge is -2.15. The second kappa shape index (κ2) is 9.89. The molecule has 3 aromatic carbocycles. The van der Waals surface area contributed by atoms with Crippen LogP contribution in [0.5, 0.6) is 5.75 Å². The summed E-state index contributed by atoms with van der Waals surface area (Å²) in [5, 5.41) is 7.46. The van der Waals surface area contributed by atoms with Crippen LogP contribution in [0.4, 0.5) is 5.69 Å². The van der Waals surface area contributed by atoms with E-state index in [4.69, 9.17) is 15.9 Å². The van der Waals surface area contributed by atoms with Crippen molar-refractivity contribution in [3.05, 3.63) is 83.4 Å². The molecule has 0 heterocycles. The summed E-state index contributed by atoms with van der Waals surface area (Å²) >= 11 is 1.58. The molecule has 0 aromatic heterocycles. The maximum atomic E-state index is 13.0. The molecule has 0 saturated heterocycles. The number of para-hydroxylation sites is 1. The van der Waals surface area contributed by atoms with Gasteiger partial charge in [-0.25, -0.2) is 8.42 Å². The van der Waals surface area contributed by atoms with E-state index in [0.717, 1.165) is 28.2 Å². The summed E-state index contributed by atoms with van der Waals surface area (Å²) in [7, 11) is -2.36. The summed E-state index contributed by atoms with van der Waals surface area (Å²) in [6, 6.07) is 20.0. The normalized spacial score (nSPS) is 11.2. The van der Waals surface area contributed by atoms with Gasteiger partial charge in [0.2, 0.25) is 0 Å². The molecular weight excluding hydrogens is 430 g/mol. The number of ether oxygens (including phenoxy) is 1. The van der Waals surface area contributed by atoms with Gasteiger partial charge >= 0.3 is 0 Å². The van der Waals surface area contributed by atoms with E-state index < -0.39 is 10.0 Å². The highest BCUT2D eigenvalue weighted by Crippen LogP contribution is 2.32. The smallest absolute Gasteiger partial charge is 0.265 e. The van der Waals surface area contributed by atoms with Crippen molar-refractivity contribution in [1.29, 1.82) is 5.41 Å². The minimum Gasteiger partial charge on any atom is -0.495 e. The summed E-state index contributed by atoms with van der Waals surface area (Å²) in [5.74, 6) is 1.12. The van der Waals surface area contributed by atoms with Gasteiger partial charge in [0.25, 0.3) is 10.0 Å². The molecule has 0 aliphatic heterocycles. The monoisotopic (exact) mass is 455 g/mol. The fourth-order valence-electron chi connectivity index (χ4n) is 3.00. The van der Waals surface area contributed by atoms with E-state index in [1.54, 1.807) is 36.0 Å². The molecule has 0 atom stereocenters. The SMILES string of the molecule is COc1ccc(C)cc1S(=O)(=O)Nc1ccccc1SCCc1ccc(C(=N)N)cc1. The van der Waals surface area contributed by atoms with Gasteiger partial charge in [-0.1, -0.05) is 42.5 Å². The van der Waals surface area contributed by atoms with Gasteiger partial charge in [0.1, 0.15) is 16.5 Å². The van der Waals surface area contributed by atoms with E-state index in [2.05, 4.69) is 4.72 Å². The highest BCUT2D eigenvalue weighted by Gasteiger charge is 2.21. The standard InChI is InChI=1S/C23H25N3O3S2/c1-16-7-12-20(29-2)22(15-16)31(27,28)26-19-5-3-4-6-21(19)30-14-13-17-8-10-18(11-9-17)23(24)25/h3-12,15,26H,13-14H2,1-2H3,(H3,24,25). The third kappa shape index (κ3) is 5.80. The number of amidine groups is 1. The number of anilines is 1. The number of aryl methyl sites for hydroxylation is 2. The van der Waals surface area contributed by atoms with Crippen LogP contribution in [0, 0.1) is 12.3 Å². The molecule has 0 aliphatic carbocycles. The third-order valence-corrected chi connectivity index (χ3v) is 7.12. The highest BCUT2D eigenvalue weighted by molar-refractivity contribution is 7.99. The van der Waals surface area contributed by atoms with Crippen LogP contribution in [0.1, 0.15) is 16.7 Å². The van der Waals surface area contributed by atoms with Crippen molar-refractivity contribution in [1.82, 2.24) is 0 Å². The van der Waals surface area contributed by atoms with Crippen molar-refractivity contribution in [2.75, 3.05) is 17.6 Å². The van der Waals surface area contributed by atoms with Crippen molar-refractivity contribution in [3.63, 3.8) is 0 Å². The Morgan fingerprint density at radius 1 is 1.10 bits per heavy atom. The number of sulfonamides is 1. The van der Waals surface area contributed by atoms with Crippen molar-refractivity contribution in [3.8, 4) is 5.75 Å². The molecule has 162 valence electrons. The second-order valence-corrected chi connectivity index (χ2v) is 9.75. The van der Waals surface area contributed by atoms with Gasteiger partial charge in [0, 0.05) is 16.2 Å². The first-order valence-electron chi connectivity index (χ1n) is 9.63. The molecule has 3 aromatic rings. The van der Waals surface area contributed by atoms with E-state index >= 15 is 0 Å². The fourth-order valence-corrected chi connectivity index (χ4v) is 5.41. The molecule has 31 heavy (non-hydrogen) atoms. The second-order valence-electron chi connectivity index (χ2n) is 6.97. The van der Waals surface area contributed by atoms with Crippen LogP contribution in [0.2, 0.25) is 0 Å². The Morgan fingerprint density at radius 2 is 1.81 bits per heavy atom. The molecule has 0 aliphatic rings. The number of rotatable bonds is 9. The van der Waals surface area contributed by atoms with Gasteiger partial charge in [0.05, 0.1) is 12.8 Å². The number of benzene rings is 3. The van der Waals surface area contributed by atoms with Crippen LogP contribution in [0.25, 0.3) is 0 Å². The molecule has 8 heteroatoms. The first-order valence-corrected chi connectivity index (χ1v) is 12.1. The maximum Gasteiger partial charge on any atom is 0.265 e. The zero-order valence-corrected chi connectivity index (χ0v) is 19.0. The van der Waals surface area contributed by atoms with Crippen molar-refractivity contribution in [2.45, 2.75) is 23.1 Å². The van der Waals surface area contributed by atoms with Gasteiger partial charge in [-0.05, 0) is 48.7 Å². The van der Waals surface area contributed by atoms with E-state index in [9.17, 15) is 8.42 Å². The Labute approximate surface area is 187 Å². The Bertz CT molecular complexity index is 1180. The molecule has 0 amide bonds. The lowest BCUT2D eigenvalue weighted by Crippen LogP contribution is -2.15. The molecule has 3 rings (SSSR count). The van der Waals surface area contributed by atoms with E-state index in [-0.39, 0.29) is 10.7 Å². The number of hydrogen-bond acceptors (Lipinski definition) is 5. The number of methoxy groups -OCH3 is 1. The largest absolute Gasteiger partial charge is 0.495 e. The molecule has 0 fully saturated rings. The van der Waals surface area contributed by atoms with Crippen LogP contribution >= 0.6 is 11.8 Å². The lowest BCUT2D eigenvalue weighted by atomic mass is 10.1. The molecule has 0 unspecified atom stereocenters. The molecule has 0 saturated carbocycles. The van der Waals surface area contributed by atoms with Gasteiger partial charge in [0.15, 0.2) is 0 Å². The zero-order valence-electron chi connectivity index (χ0n) is 17.4. The van der Waals surface area contributed by atoms with Crippen LogP contribution in [0.3, 0.4) is 0 Å². The number of nitrogens with one attached hydrogen (secondary N) is 2. The first-order chi connectivity index (χ1) is 14.8. The predicted octanol–water partition coefficient (Wildman–Crippen LogP) is 4.42. The van der Waals surface area contributed by atoms with E-state index in [1.165, 1.54) is 7.11 Å². The van der Waals surface area contributed by atoms with Crippen LogP contribution in [-0.2, 0) is 16.4 Å². The first kappa shape index (κ1) is 22.7. The van der Waals surface area contributed by atoms with Crippen LogP contribution < -0.4 is 15.2 Å². The fraction of sp³-hybridized carbons (Fsp3) is 0.174. The lowest BCUT2D eigenvalue weighted by molar-refractivity contribution is 0.402. The average molecular weight is 456 g/mol. The summed E-state index contributed by atoms with van der Waals surface area (Å²) in [6.45, 7) is 1.84. The topological polar surface area (TPSA) is 105 Å². The maximum absolute atomic E-state index is 13.0. The third-order valence-electron chi connectivity index (χ3n) is 4.65. The number of thioether (sulfide) groups is 1. The molecule has 0 spiro atoms. The average Bonchev–Trinajstić information content (AvgIpc) is 2.75. The molecule has 0 bridgehead atoms.